The van der Waals surface area contributed by atoms with E-state index in [1.54, 1.807) is 16.4 Å². The van der Waals surface area contributed by atoms with E-state index in [-0.39, 0.29) is 11.2 Å². The predicted octanol–water partition coefficient (Wildman–Crippen LogP) is 1.59. The summed E-state index contributed by atoms with van der Waals surface area (Å²) in [5.41, 5.74) is 0.891. The molecule has 0 bridgehead atoms. The number of carbonyl (C=O) groups is 1. The second-order valence-corrected chi connectivity index (χ2v) is 5.21. The summed E-state index contributed by atoms with van der Waals surface area (Å²) < 4.78 is 1.68. The van der Waals surface area contributed by atoms with E-state index >= 15 is 0 Å². The van der Waals surface area contributed by atoms with Crippen LogP contribution >= 0.6 is 11.8 Å². The van der Waals surface area contributed by atoms with Crippen molar-refractivity contribution in [2.45, 2.75) is 18.6 Å². The number of hydrogen-bond donors (Lipinski definition) is 1. The Kier molecular flexibility index (Phi) is 5.11. The topological polar surface area (TPSA) is 72.7 Å². The highest BCUT2D eigenvalue weighted by Crippen LogP contribution is 2.29. The Balaban J connectivity index is 2.23. The highest BCUT2D eigenvalue weighted by molar-refractivity contribution is 7.98. The van der Waals surface area contributed by atoms with Crippen molar-refractivity contribution in [3.05, 3.63) is 36.2 Å². The summed E-state index contributed by atoms with van der Waals surface area (Å²) in [7, 11) is 0. The number of rotatable bonds is 6. The summed E-state index contributed by atoms with van der Waals surface area (Å²) in [6, 6.07) is 9.67. The average molecular weight is 291 g/mol. The van der Waals surface area contributed by atoms with Crippen molar-refractivity contribution in [3.8, 4) is 5.69 Å². The smallest absolute Gasteiger partial charge is 0.221 e. The number of aromatic nitrogens is 4. The first-order valence-corrected chi connectivity index (χ1v) is 7.68. The fourth-order valence-electron chi connectivity index (χ4n) is 1.87. The zero-order chi connectivity index (χ0) is 14.4. The molecule has 1 atom stereocenters. The van der Waals surface area contributed by atoms with Gasteiger partial charge in [-0.05, 0) is 35.7 Å². The van der Waals surface area contributed by atoms with Gasteiger partial charge in [0, 0.05) is 13.0 Å². The van der Waals surface area contributed by atoms with Gasteiger partial charge in [0.1, 0.15) is 0 Å². The van der Waals surface area contributed by atoms with Crippen LogP contribution in [-0.2, 0) is 4.79 Å². The molecule has 1 aromatic heterocycles. The molecule has 1 amide bonds. The number of amides is 1. The lowest BCUT2D eigenvalue weighted by atomic mass is 10.2. The third kappa shape index (κ3) is 3.36. The van der Waals surface area contributed by atoms with Gasteiger partial charge in [-0.15, -0.1) is 5.10 Å². The lowest BCUT2D eigenvalue weighted by Crippen LogP contribution is -2.24. The van der Waals surface area contributed by atoms with Crippen LogP contribution in [-0.4, -0.2) is 38.9 Å². The van der Waals surface area contributed by atoms with Crippen molar-refractivity contribution in [3.63, 3.8) is 0 Å². The van der Waals surface area contributed by atoms with Crippen LogP contribution in [0.2, 0.25) is 0 Å². The molecule has 1 heterocycles. The maximum Gasteiger partial charge on any atom is 0.221 e. The number of nitrogens with zero attached hydrogens (tertiary/aromatic N) is 4. The molecule has 0 saturated carbocycles. The number of para-hydroxylation sites is 1. The Morgan fingerprint density at radius 1 is 1.40 bits per heavy atom. The highest BCUT2D eigenvalue weighted by atomic mass is 32.2. The summed E-state index contributed by atoms with van der Waals surface area (Å²) >= 11 is 1.57. The Hall–Kier alpha value is -1.89. The zero-order valence-corrected chi connectivity index (χ0v) is 12.3. The fourth-order valence-corrected chi connectivity index (χ4v) is 2.54. The van der Waals surface area contributed by atoms with Gasteiger partial charge in [-0.2, -0.15) is 16.4 Å². The second kappa shape index (κ2) is 7.04. The number of nitrogens with one attached hydrogen (secondary N) is 1. The summed E-state index contributed by atoms with van der Waals surface area (Å²) in [6.45, 7) is 2.53. The average Bonchev–Trinajstić information content (AvgIpc) is 2.95. The lowest BCUT2D eigenvalue weighted by Gasteiger charge is -2.13. The van der Waals surface area contributed by atoms with Crippen LogP contribution in [0.1, 0.15) is 24.4 Å². The number of carbonyl (C=O) groups excluding carboxylic acids is 1. The fraction of sp³-hybridized carbons (Fsp3) is 0.385. The molecule has 2 rings (SSSR count). The van der Waals surface area contributed by atoms with Gasteiger partial charge in [0.25, 0.3) is 0 Å². The largest absolute Gasteiger partial charge is 0.356 e. The molecule has 1 N–H and O–H groups in total. The molecule has 0 spiro atoms. The molecular formula is C13H17N5OS. The first-order valence-electron chi connectivity index (χ1n) is 6.39. The number of tetrazole rings is 1. The van der Waals surface area contributed by atoms with Crippen LogP contribution in [0.25, 0.3) is 5.69 Å². The van der Waals surface area contributed by atoms with E-state index in [2.05, 4.69) is 20.8 Å². The first-order chi connectivity index (χ1) is 9.76. The highest BCUT2D eigenvalue weighted by Gasteiger charge is 2.21. The zero-order valence-electron chi connectivity index (χ0n) is 11.5. The van der Waals surface area contributed by atoms with E-state index < -0.39 is 0 Å². The Labute approximate surface area is 121 Å². The molecule has 0 saturated heterocycles. The lowest BCUT2D eigenvalue weighted by molar-refractivity contribution is -0.121. The van der Waals surface area contributed by atoms with Gasteiger partial charge in [-0.1, -0.05) is 18.2 Å². The number of thioether (sulfide) groups is 1. The molecule has 1 unspecified atom stereocenters. The van der Waals surface area contributed by atoms with E-state index in [9.17, 15) is 4.79 Å². The van der Waals surface area contributed by atoms with Crippen LogP contribution in [0.5, 0.6) is 0 Å². The molecule has 20 heavy (non-hydrogen) atoms. The van der Waals surface area contributed by atoms with Gasteiger partial charge in [-0.25, -0.2) is 0 Å². The van der Waals surface area contributed by atoms with Crippen molar-refractivity contribution < 1.29 is 4.79 Å². The summed E-state index contributed by atoms with van der Waals surface area (Å²) in [5, 5.41) is 14.6. The maximum absolute atomic E-state index is 11.8. The molecule has 0 fully saturated rings. The molecule has 0 aliphatic carbocycles. The van der Waals surface area contributed by atoms with Gasteiger partial charge in [0.2, 0.25) is 5.91 Å². The van der Waals surface area contributed by atoms with Gasteiger partial charge in [0.15, 0.2) is 5.82 Å². The molecule has 7 heteroatoms. The van der Waals surface area contributed by atoms with Gasteiger partial charge < -0.3 is 5.32 Å². The summed E-state index contributed by atoms with van der Waals surface area (Å²) in [4.78, 5) is 11.8. The monoisotopic (exact) mass is 291 g/mol. The van der Waals surface area contributed by atoms with Crippen LogP contribution in [0.15, 0.2) is 30.3 Å². The number of hydrogen-bond acceptors (Lipinski definition) is 5. The SMILES string of the molecule is CCNC(=O)CC(SC)c1nnnn1-c1ccccc1. The second-order valence-electron chi connectivity index (χ2n) is 4.17. The van der Waals surface area contributed by atoms with Crippen LogP contribution in [0.3, 0.4) is 0 Å². The summed E-state index contributed by atoms with van der Waals surface area (Å²) in [5.74, 6) is 0.699. The molecule has 0 aliphatic heterocycles. The van der Waals surface area contributed by atoms with Crippen molar-refractivity contribution in [2.24, 2.45) is 0 Å². The van der Waals surface area contributed by atoms with Crippen molar-refractivity contribution >= 4 is 17.7 Å². The molecule has 6 nitrogen and oxygen atoms in total. The standard InChI is InChI=1S/C13H17N5OS/c1-3-14-12(19)9-11(20-2)13-15-16-17-18(13)10-7-5-4-6-8-10/h4-8,11H,3,9H2,1-2H3,(H,14,19). The molecule has 106 valence electrons. The quantitative estimate of drug-likeness (QED) is 0.875. The predicted molar refractivity (Wildman–Crippen MR) is 78.7 cm³/mol. The molecule has 0 aliphatic rings. The van der Waals surface area contributed by atoms with Crippen LogP contribution < -0.4 is 5.32 Å². The Morgan fingerprint density at radius 2 is 2.15 bits per heavy atom. The molecule has 2 aromatic rings. The normalized spacial score (nSPS) is 12.1. The van der Waals surface area contributed by atoms with E-state index in [1.807, 2.05) is 43.5 Å². The van der Waals surface area contributed by atoms with Crippen LogP contribution in [0, 0.1) is 0 Å². The van der Waals surface area contributed by atoms with E-state index in [1.165, 1.54) is 0 Å². The minimum Gasteiger partial charge on any atom is -0.356 e. The van der Waals surface area contributed by atoms with Crippen molar-refractivity contribution in [2.75, 3.05) is 12.8 Å². The van der Waals surface area contributed by atoms with Crippen LogP contribution in [0.4, 0.5) is 0 Å². The van der Waals surface area contributed by atoms with Crippen molar-refractivity contribution in [1.82, 2.24) is 25.5 Å². The molecular weight excluding hydrogens is 274 g/mol. The van der Waals surface area contributed by atoms with E-state index in [0.29, 0.717) is 18.8 Å². The Bertz CT molecular complexity index is 557. The van der Waals surface area contributed by atoms with Crippen molar-refractivity contribution in [1.29, 1.82) is 0 Å². The minimum atomic E-state index is -0.0724. The van der Waals surface area contributed by atoms with Gasteiger partial charge in [0.05, 0.1) is 10.9 Å². The Morgan fingerprint density at radius 3 is 2.80 bits per heavy atom. The molecule has 1 aromatic carbocycles. The summed E-state index contributed by atoms with van der Waals surface area (Å²) in [6.07, 6.45) is 2.32. The molecule has 0 radical (unpaired) electrons. The van der Waals surface area contributed by atoms with Gasteiger partial charge >= 0.3 is 0 Å². The third-order valence-corrected chi connectivity index (χ3v) is 3.76. The third-order valence-electron chi connectivity index (χ3n) is 2.81. The van der Waals surface area contributed by atoms with Gasteiger partial charge in [-0.3, -0.25) is 4.79 Å². The first kappa shape index (κ1) is 14.5. The van der Waals surface area contributed by atoms with E-state index in [4.69, 9.17) is 0 Å². The maximum atomic E-state index is 11.8. The minimum absolute atomic E-state index is 0.00876. The number of benzene rings is 1. The van der Waals surface area contributed by atoms with E-state index in [0.717, 1.165) is 5.69 Å².